The van der Waals surface area contributed by atoms with Crippen LogP contribution in [0, 0.1) is 0 Å². The molecule has 1 rings (SSSR count). The first kappa shape index (κ1) is 8.33. The van der Waals surface area contributed by atoms with Gasteiger partial charge in [-0.2, -0.15) is 5.11 Å². The fourth-order valence-corrected chi connectivity index (χ4v) is 0.910. The van der Waals surface area contributed by atoms with E-state index in [-0.39, 0.29) is 0 Å². The van der Waals surface area contributed by atoms with Gasteiger partial charge in [0.1, 0.15) is 6.61 Å². The standard InChI is InChI=1S/C7H13N3O/c1-3-6-4-8-10-7(9-6)5-11-2/h6H,3-5H2,1-2H3. The lowest BCUT2D eigenvalue weighted by Crippen LogP contribution is -2.17. The van der Waals surface area contributed by atoms with Crippen LogP contribution in [0.1, 0.15) is 13.3 Å². The van der Waals surface area contributed by atoms with Gasteiger partial charge in [-0.05, 0) is 6.42 Å². The largest absolute Gasteiger partial charge is 0.377 e. The van der Waals surface area contributed by atoms with Gasteiger partial charge in [-0.15, -0.1) is 5.11 Å². The molecule has 0 saturated carbocycles. The summed E-state index contributed by atoms with van der Waals surface area (Å²) in [6.45, 7) is 3.29. The second-order valence-corrected chi connectivity index (χ2v) is 2.46. The first-order chi connectivity index (χ1) is 5.36. The minimum Gasteiger partial charge on any atom is -0.377 e. The van der Waals surface area contributed by atoms with E-state index in [2.05, 4.69) is 22.1 Å². The van der Waals surface area contributed by atoms with Crippen LogP contribution in [-0.2, 0) is 4.74 Å². The number of ether oxygens (including phenoxy) is 1. The summed E-state index contributed by atoms with van der Waals surface area (Å²) < 4.78 is 4.89. The second-order valence-electron chi connectivity index (χ2n) is 2.46. The van der Waals surface area contributed by atoms with E-state index in [9.17, 15) is 0 Å². The third-order valence-electron chi connectivity index (χ3n) is 1.55. The summed E-state index contributed by atoms with van der Waals surface area (Å²) in [7, 11) is 1.63. The molecule has 0 aromatic rings. The van der Waals surface area contributed by atoms with Crippen molar-refractivity contribution < 1.29 is 4.74 Å². The molecule has 1 atom stereocenters. The first-order valence-electron chi connectivity index (χ1n) is 3.80. The molecule has 4 heteroatoms. The second kappa shape index (κ2) is 4.18. The quantitative estimate of drug-likeness (QED) is 0.605. The van der Waals surface area contributed by atoms with Crippen molar-refractivity contribution in [2.75, 3.05) is 20.3 Å². The number of hydrogen-bond acceptors (Lipinski definition) is 4. The van der Waals surface area contributed by atoms with Gasteiger partial charge in [0.25, 0.3) is 0 Å². The van der Waals surface area contributed by atoms with E-state index in [4.69, 9.17) is 4.74 Å². The molecule has 0 fully saturated rings. The number of methoxy groups -OCH3 is 1. The normalized spacial score (nSPS) is 23.5. The van der Waals surface area contributed by atoms with E-state index in [1.165, 1.54) is 0 Å². The molecule has 0 aromatic carbocycles. The van der Waals surface area contributed by atoms with Gasteiger partial charge in [0.2, 0.25) is 0 Å². The van der Waals surface area contributed by atoms with E-state index >= 15 is 0 Å². The van der Waals surface area contributed by atoms with Crippen molar-refractivity contribution in [2.24, 2.45) is 15.2 Å². The maximum atomic E-state index is 4.89. The summed E-state index contributed by atoms with van der Waals surface area (Å²) in [6, 6.07) is 0.317. The average Bonchev–Trinajstić information content (AvgIpc) is 2.06. The SMILES string of the molecule is CCC1CN=NC(COC)=N1. The number of rotatable bonds is 3. The number of hydrogen-bond donors (Lipinski definition) is 0. The minimum atomic E-state index is 0.317. The van der Waals surface area contributed by atoms with Crippen LogP contribution in [-0.4, -0.2) is 32.1 Å². The topological polar surface area (TPSA) is 46.3 Å². The van der Waals surface area contributed by atoms with Gasteiger partial charge >= 0.3 is 0 Å². The highest BCUT2D eigenvalue weighted by Gasteiger charge is 2.09. The highest BCUT2D eigenvalue weighted by atomic mass is 16.5. The Morgan fingerprint density at radius 3 is 3.09 bits per heavy atom. The predicted octanol–water partition coefficient (Wildman–Crippen LogP) is 1.28. The van der Waals surface area contributed by atoms with E-state index < -0.39 is 0 Å². The molecule has 62 valence electrons. The highest BCUT2D eigenvalue weighted by molar-refractivity contribution is 5.84. The molecule has 0 amide bonds. The van der Waals surface area contributed by atoms with Gasteiger partial charge in [0.05, 0.1) is 12.6 Å². The number of nitrogens with zero attached hydrogens (tertiary/aromatic N) is 3. The maximum Gasteiger partial charge on any atom is 0.172 e. The molecule has 11 heavy (non-hydrogen) atoms. The molecule has 0 aromatic heterocycles. The molecule has 1 aliphatic rings. The zero-order valence-corrected chi connectivity index (χ0v) is 6.95. The fourth-order valence-electron chi connectivity index (χ4n) is 0.910. The molecule has 0 saturated heterocycles. The Hall–Kier alpha value is -0.770. The monoisotopic (exact) mass is 155 g/mol. The Labute approximate surface area is 66.4 Å². The van der Waals surface area contributed by atoms with Crippen LogP contribution in [0.15, 0.2) is 15.2 Å². The summed E-state index contributed by atoms with van der Waals surface area (Å²) in [6.07, 6.45) is 1.02. The maximum absolute atomic E-state index is 4.89. The zero-order chi connectivity index (χ0) is 8.10. The van der Waals surface area contributed by atoms with Crippen molar-refractivity contribution in [3.8, 4) is 0 Å². The van der Waals surface area contributed by atoms with Crippen molar-refractivity contribution in [3.63, 3.8) is 0 Å². The Bertz CT molecular complexity index is 177. The molecule has 4 nitrogen and oxygen atoms in total. The molecule has 1 heterocycles. The van der Waals surface area contributed by atoms with Gasteiger partial charge in [0.15, 0.2) is 5.84 Å². The van der Waals surface area contributed by atoms with E-state index in [1.807, 2.05) is 0 Å². The van der Waals surface area contributed by atoms with Crippen molar-refractivity contribution >= 4 is 5.84 Å². The molecule has 0 spiro atoms. The van der Waals surface area contributed by atoms with Gasteiger partial charge in [-0.3, -0.25) is 4.99 Å². The highest BCUT2D eigenvalue weighted by Crippen LogP contribution is 2.05. The summed E-state index contributed by atoms with van der Waals surface area (Å²) in [5.41, 5.74) is 0. The predicted molar refractivity (Wildman–Crippen MR) is 43.1 cm³/mol. The first-order valence-corrected chi connectivity index (χ1v) is 3.80. The average molecular weight is 155 g/mol. The Kier molecular flexibility index (Phi) is 3.16. The zero-order valence-electron chi connectivity index (χ0n) is 6.95. The van der Waals surface area contributed by atoms with Crippen LogP contribution in [0.25, 0.3) is 0 Å². The molecule has 0 radical (unpaired) electrons. The summed E-state index contributed by atoms with van der Waals surface area (Å²) in [5.74, 6) is 0.714. The van der Waals surface area contributed by atoms with E-state index in [0.29, 0.717) is 18.5 Å². The lowest BCUT2D eigenvalue weighted by atomic mass is 10.2. The van der Waals surface area contributed by atoms with E-state index in [0.717, 1.165) is 13.0 Å². The summed E-state index contributed by atoms with van der Waals surface area (Å²) in [5, 5.41) is 7.81. The van der Waals surface area contributed by atoms with Gasteiger partial charge < -0.3 is 4.74 Å². The Balaban J connectivity index is 2.49. The summed E-state index contributed by atoms with van der Waals surface area (Å²) >= 11 is 0. The number of aliphatic imine (C=N–C) groups is 1. The number of amidine groups is 1. The van der Waals surface area contributed by atoms with Crippen molar-refractivity contribution in [1.82, 2.24) is 0 Å². The summed E-state index contributed by atoms with van der Waals surface area (Å²) in [4.78, 5) is 4.32. The Morgan fingerprint density at radius 1 is 1.64 bits per heavy atom. The van der Waals surface area contributed by atoms with Gasteiger partial charge in [-0.1, -0.05) is 6.92 Å². The Morgan fingerprint density at radius 2 is 2.45 bits per heavy atom. The van der Waals surface area contributed by atoms with Crippen LogP contribution >= 0.6 is 0 Å². The molecule has 0 bridgehead atoms. The molecular formula is C7H13N3O. The van der Waals surface area contributed by atoms with Crippen molar-refractivity contribution in [2.45, 2.75) is 19.4 Å². The fraction of sp³-hybridized carbons (Fsp3) is 0.857. The lowest BCUT2D eigenvalue weighted by molar-refractivity contribution is 0.243. The number of azo groups is 1. The van der Waals surface area contributed by atoms with Crippen LogP contribution in [0.2, 0.25) is 0 Å². The van der Waals surface area contributed by atoms with Crippen LogP contribution < -0.4 is 0 Å². The van der Waals surface area contributed by atoms with Crippen molar-refractivity contribution in [3.05, 3.63) is 0 Å². The molecule has 0 N–H and O–H groups in total. The third kappa shape index (κ3) is 2.38. The van der Waals surface area contributed by atoms with E-state index in [1.54, 1.807) is 7.11 Å². The lowest BCUT2D eigenvalue weighted by Gasteiger charge is -2.11. The minimum absolute atomic E-state index is 0.317. The molecular weight excluding hydrogens is 142 g/mol. The van der Waals surface area contributed by atoms with Gasteiger partial charge in [0, 0.05) is 7.11 Å². The third-order valence-corrected chi connectivity index (χ3v) is 1.55. The van der Waals surface area contributed by atoms with Crippen LogP contribution in [0.5, 0.6) is 0 Å². The smallest absolute Gasteiger partial charge is 0.172 e. The molecule has 1 aliphatic heterocycles. The molecule has 1 unspecified atom stereocenters. The molecule has 0 aliphatic carbocycles. The van der Waals surface area contributed by atoms with Crippen LogP contribution in [0.3, 0.4) is 0 Å². The van der Waals surface area contributed by atoms with Crippen LogP contribution in [0.4, 0.5) is 0 Å². The van der Waals surface area contributed by atoms with Crippen molar-refractivity contribution in [1.29, 1.82) is 0 Å². The van der Waals surface area contributed by atoms with Gasteiger partial charge in [-0.25, -0.2) is 0 Å².